The summed E-state index contributed by atoms with van der Waals surface area (Å²) in [6, 6.07) is 4.42. The maximum absolute atomic E-state index is 11.2. The fourth-order valence-electron chi connectivity index (χ4n) is 2.18. The van der Waals surface area contributed by atoms with Crippen LogP contribution in [0.2, 0.25) is 0 Å². The summed E-state index contributed by atoms with van der Waals surface area (Å²) < 4.78 is 5.27. The normalized spacial score (nSPS) is 17.4. The van der Waals surface area contributed by atoms with Crippen LogP contribution in [0.15, 0.2) is 18.2 Å². The number of rotatable bonds is 3. The number of nitrogens with one attached hydrogen (secondary N) is 1. The first-order valence-corrected chi connectivity index (χ1v) is 6.09. The van der Waals surface area contributed by atoms with E-state index in [0.29, 0.717) is 5.75 Å². The zero-order chi connectivity index (χ0) is 13.8. The molecule has 0 bridgehead atoms. The van der Waals surface area contributed by atoms with Crippen LogP contribution in [0.1, 0.15) is 30.1 Å². The van der Waals surface area contributed by atoms with Crippen molar-refractivity contribution in [1.29, 1.82) is 0 Å². The van der Waals surface area contributed by atoms with Crippen molar-refractivity contribution in [2.24, 2.45) is 5.73 Å². The number of ether oxygens (including phenoxy) is 1. The van der Waals surface area contributed by atoms with Gasteiger partial charge in [0.05, 0.1) is 6.10 Å². The molecule has 3 amide bonds. The molecular weight excluding hydrogens is 248 g/mol. The summed E-state index contributed by atoms with van der Waals surface area (Å²) in [5.41, 5.74) is 6.77. The zero-order valence-corrected chi connectivity index (χ0v) is 10.4. The van der Waals surface area contributed by atoms with Crippen LogP contribution in [-0.2, 0) is 11.2 Å². The highest BCUT2D eigenvalue weighted by molar-refractivity contribution is 5.94. The van der Waals surface area contributed by atoms with Gasteiger partial charge >= 0.3 is 6.03 Å². The molecule has 1 unspecified atom stereocenters. The van der Waals surface area contributed by atoms with Crippen molar-refractivity contribution < 1.29 is 19.4 Å². The topological polar surface area (TPSA) is 102 Å². The fraction of sp³-hybridized carbons (Fsp3) is 0.385. The minimum absolute atomic E-state index is 0.274. The Bertz CT molecular complexity index is 501. The Kier molecular flexibility index (Phi) is 4.01. The van der Waals surface area contributed by atoms with Crippen molar-refractivity contribution in [1.82, 2.24) is 5.32 Å². The number of hydrogen-bond donors (Lipinski definition) is 3. The molecule has 1 aromatic rings. The Balaban J connectivity index is 1.98. The van der Waals surface area contributed by atoms with E-state index in [9.17, 15) is 14.7 Å². The first-order valence-electron chi connectivity index (χ1n) is 6.09. The molecule has 4 N–H and O–H groups in total. The number of fused-ring (bicyclic) bond motifs is 1. The van der Waals surface area contributed by atoms with Crippen LogP contribution in [0, 0.1) is 0 Å². The Labute approximate surface area is 110 Å². The van der Waals surface area contributed by atoms with E-state index in [-0.39, 0.29) is 6.61 Å². The molecular formula is C13H16N2O4. The van der Waals surface area contributed by atoms with Gasteiger partial charge in [-0.05, 0) is 42.5 Å². The Morgan fingerprint density at radius 2 is 2.26 bits per heavy atom. The molecule has 1 aliphatic carbocycles. The molecule has 1 aliphatic rings. The lowest BCUT2D eigenvalue weighted by Gasteiger charge is -2.21. The van der Waals surface area contributed by atoms with Crippen LogP contribution in [0.5, 0.6) is 5.75 Å². The highest BCUT2D eigenvalue weighted by Crippen LogP contribution is 2.31. The van der Waals surface area contributed by atoms with E-state index < -0.39 is 18.0 Å². The quantitative estimate of drug-likeness (QED) is 0.745. The van der Waals surface area contributed by atoms with Crippen LogP contribution in [0.3, 0.4) is 0 Å². The molecule has 0 fully saturated rings. The van der Waals surface area contributed by atoms with E-state index in [1.54, 1.807) is 12.1 Å². The third-order valence-electron chi connectivity index (χ3n) is 3.03. The molecule has 0 heterocycles. The van der Waals surface area contributed by atoms with E-state index in [2.05, 4.69) is 0 Å². The second-order valence-electron chi connectivity index (χ2n) is 4.47. The fourth-order valence-corrected chi connectivity index (χ4v) is 2.18. The Morgan fingerprint density at radius 3 is 3.00 bits per heavy atom. The lowest BCUT2D eigenvalue weighted by atomic mass is 9.89. The number of urea groups is 1. The Hall–Kier alpha value is -2.08. The second-order valence-corrected chi connectivity index (χ2v) is 4.47. The van der Waals surface area contributed by atoms with Gasteiger partial charge in [0.1, 0.15) is 5.75 Å². The smallest absolute Gasteiger partial charge is 0.318 e. The van der Waals surface area contributed by atoms with Crippen molar-refractivity contribution in [2.75, 3.05) is 6.61 Å². The highest BCUT2D eigenvalue weighted by atomic mass is 16.5. The molecule has 2 rings (SSSR count). The lowest BCUT2D eigenvalue weighted by molar-refractivity contribution is -0.121. The van der Waals surface area contributed by atoms with Gasteiger partial charge in [0, 0.05) is 0 Å². The summed E-state index contributed by atoms with van der Waals surface area (Å²) in [6.07, 6.45) is 2.17. The summed E-state index contributed by atoms with van der Waals surface area (Å²) >= 11 is 0. The van der Waals surface area contributed by atoms with Crippen molar-refractivity contribution >= 4 is 11.9 Å². The molecule has 19 heavy (non-hydrogen) atoms. The minimum Gasteiger partial charge on any atom is -0.484 e. The van der Waals surface area contributed by atoms with Gasteiger partial charge in [-0.2, -0.15) is 0 Å². The summed E-state index contributed by atoms with van der Waals surface area (Å²) in [7, 11) is 0. The predicted molar refractivity (Wildman–Crippen MR) is 67.6 cm³/mol. The standard InChI is InChI=1S/C13H16N2O4/c14-13(18)15-12(17)7-19-9-4-5-10-8(6-9)2-1-3-11(10)16/h4-6,11,16H,1-3,7H2,(H3,14,15,17,18). The van der Waals surface area contributed by atoms with Crippen molar-refractivity contribution in [3.05, 3.63) is 29.3 Å². The molecule has 0 saturated carbocycles. The van der Waals surface area contributed by atoms with Gasteiger partial charge in [0.15, 0.2) is 6.61 Å². The molecule has 102 valence electrons. The number of aryl methyl sites for hydroxylation is 1. The molecule has 6 heteroatoms. The molecule has 0 saturated heterocycles. The first-order chi connectivity index (χ1) is 9.06. The van der Waals surface area contributed by atoms with Crippen molar-refractivity contribution in [3.63, 3.8) is 0 Å². The summed E-state index contributed by atoms with van der Waals surface area (Å²) in [6.45, 7) is -0.274. The first kappa shape index (κ1) is 13.4. The van der Waals surface area contributed by atoms with Crippen molar-refractivity contribution in [3.8, 4) is 5.75 Å². The Morgan fingerprint density at radius 1 is 1.47 bits per heavy atom. The maximum Gasteiger partial charge on any atom is 0.318 e. The number of aliphatic hydroxyl groups excluding tert-OH is 1. The number of carbonyl (C=O) groups excluding carboxylic acids is 2. The van der Waals surface area contributed by atoms with Crippen LogP contribution in [0.25, 0.3) is 0 Å². The van der Waals surface area contributed by atoms with E-state index in [4.69, 9.17) is 10.5 Å². The zero-order valence-electron chi connectivity index (χ0n) is 10.4. The molecule has 0 radical (unpaired) electrons. The average molecular weight is 264 g/mol. The number of carbonyl (C=O) groups is 2. The van der Waals surface area contributed by atoms with E-state index in [0.717, 1.165) is 30.4 Å². The monoisotopic (exact) mass is 264 g/mol. The third kappa shape index (κ3) is 3.45. The maximum atomic E-state index is 11.2. The van der Waals surface area contributed by atoms with Gasteiger partial charge in [-0.1, -0.05) is 6.07 Å². The van der Waals surface area contributed by atoms with Crippen LogP contribution in [-0.4, -0.2) is 23.7 Å². The predicted octanol–water partition coefficient (Wildman–Crippen LogP) is 0.630. The van der Waals surface area contributed by atoms with Crippen molar-refractivity contribution in [2.45, 2.75) is 25.4 Å². The highest BCUT2D eigenvalue weighted by Gasteiger charge is 2.18. The number of benzene rings is 1. The summed E-state index contributed by atoms with van der Waals surface area (Å²) in [4.78, 5) is 21.6. The molecule has 0 aliphatic heterocycles. The summed E-state index contributed by atoms with van der Waals surface area (Å²) in [5.74, 6) is -0.0577. The van der Waals surface area contributed by atoms with Gasteiger partial charge in [-0.15, -0.1) is 0 Å². The largest absolute Gasteiger partial charge is 0.484 e. The van der Waals surface area contributed by atoms with Gasteiger partial charge in [-0.3, -0.25) is 10.1 Å². The third-order valence-corrected chi connectivity index (χ3v) is 3.03. The van der Waals surface area contributed by atoms with Gasteiger partial charge < -0.3 is 15.6 Å². The average Bonchev–Trinajstić information content (AvgIpc) is 2.36. The number of nitrogens with two attached hydrogens (primary N) is 1. The SMILES string of the molecule is NC(=O)NC(=O)COc1ccc2c(c1)CCCC2O. The second kappa shape index (κ2) is 5.71. The lowest BCUT2D eigenvalue weighted by Crippen LogP contribution is -2.38. The minimum atomic E-state index is -0.901. The van der Waals surface area contributed by atoms with E-state index >= 15 is 0 Å². The molecule has 0 spiro atoms. The van der Waals surface area contributed by atoms with Crippen LogP contribution >= 0.6 is 0 Å². The number of primary amides is 1. The molecule has 6 nitrogen and oxygen atoms in total. The number of imide groups is 1. The molecule has 1 atom stereocenters. The number of hydrogen-bond acceptors (Lipinski definition) is 4. The van der Waals surface area contributed by atoms with Gasteiger partial charge in [0.25, 0.3) is 5.91 Å². The van der Waals surface area contributed by atoms with Crippen LogP contribution < -0.4 is 15.8 Å². The van der Waals surface area contributed by atoms with Crippen LogP contribution in [0.4, 0.5) is 4.79 Å². The summed E-state index contributed by atoms with van der Waals surface area (Å²) in [5, 5.41) is 11.7. The molecule has 0 aromatic heterocycles. The molecule has 1 aromatic carbocycles. The van der Waals surface area contributed by atoms with E-state index in [1.807, 2.05) is 11.4 Å². The number of aliphatic hydroxyl groups is 1. The van der Waals surface area contributed by atoms with E-state index in [1.165, 1.54) is 0 Å². The van der Waals surface area contributed by atoms with Gasteiger partial charge in [-0.25, -0.2) is 4.79 Å². The number of amides is 3. The van der Waals surface area contributed by atoms with Gasteiger partial charge in [0.2, 0.25) is 0 Å².